The van der Waals surface area contributed by atoms with Crippen molar-refractivity contribution in [2.75, 3.05) is 11.9 Å². The largest absolute Gasteiger partial charge is 0.387 e. The smallest absolute Gasteiger partial charge is 0.223 e. The third kappa shape index (κ3) is 5.54. The minimum Gasteiger partial charge on any atom is -0.387 e. The lowest BCUT2D eigenvalue weighted by Crippen LogP contribution is -2.38. The molecule has 8 heteroatoms. The molecule has 2 unspecified atom stereocenters. The van der Waals surface area contributed by atoms with Gasteiger partial charge in [-0.3, -0.25) is 4.40 Å². The zero-order valence-electron chi connectivity index (χ0n) is 21.4. The van der Waals surface area contributed by atoms with E-state index < -0.39 is 6.10 Å². The van der Waals surface area contributed by atoms with Crippen LogP contribution in [0.3, 0.4) is 0 Å². The minimum atomic E-state index is -0.579. The van der Waals surface area contributed by atoms with Gasteiger partial charge in [0.05, 0.1) is 35.8 Å². The third-order valence-corrected chi connectivity index (χ3v) is 6.14. The van der Waals surface area contributed by atoms with E-state index in [0.29, 0.717) is 23.8 Å². The first-order chi connectivity index (χ1) is 17.2. The van der Waals surface area contributed by atoms with Crippen LogP contribution in [0.2, 0.25) is 0 Å². The molecule has 0 spiro atoms. The Bertz CT molecular complexity index is 1380. The normalized spacial score (nSPS) is 13.4. The van der Waals surface area contributed by atoms with Crippen LogP contribution >= 0.6 is 0 Å². The fourth-order valence-electron chi connectivity index (χ4n) is 4.05. The summed E-state index contributed by atoms with van der Waals surface area (Å²) in [6.45, 7) is 10.8. The number of benzene rings is 1. The number of aromatic nitrogens is 4. The number of β-amino-alcohol motifs (C(OH)–C–C–N with tert-alkyl or cyclic N) is 1. The molecule has 3 heterocycles. The molecule has 0 aliphatic rings. The van der Waals surface area contributed by atoms with Crippen molar-refractivity contribution < 1.29 is 5.11 Å². The SMILES string of the molecule is CCc1cccn2c(-c3nc(NC(C)c4ccc(C(O)CNC(C)(C)C)cc4)ncc3C#N)cnc12. The molecule has 0 fully saturated rings. The number of hydrogen-bond acceptors (Lipinski definition) is 7. The van der Waals surface area contributed by atoms with Crippen molar-refractivity contribution in [1.82, 2.24) is 24.7 Å². The number of anilines is 1. The summed E-state index contributed by atoms with van der Waals surface area (Å²) in [5, 5.41) is 26.9. The van der Waals surface area contributed by atoms with Gasteiger partial charge in [-0.25, -0.2) is 15.0 Å². The molecule has 0 aliphatic heterocycles. The lowest BCUT2D eigenvalue weighted by molar-refractivity contribution is 0.163. The van der Waals surface area contributed by atoms with Gasteiger partial charge < -0.3 is 15.7 Å². The monoisotopic (exact) mass is 483 g/mol. The van der Waals surface area contributed by atoms with Crippen molar-refractivity contribution in [3.8, 4) is 17.5 Å². The summed E-state index contributed by atoms with van der Waals surface area (Å²) in [5.41, 5.74) is 5.50. The summed E-state index contributed by atoms with van der Waals surface area (Å²) >= 11 is 0. The predicted molar refractivity (Wildman–Crippen MR) is 142 cm³/mol. The van der Waals surface area contributed by atoms with Gasteiger partial charge in [0.25, 0.3) is 0 Å². The highest BCUT2D eigenvalue weighted by molar-refractivity contribution is 5.68. The molecular formula is C28H33N7O. The number of aliphatic hydroxyl groups is 1. The highest BCUT2D eigenvalue weighted by Gasteiger charge is 2.17. The van der Waals surface area contributed by atoms with Gasteiger partial charge in [0, 0.05) is 18.3 Å². The van der Waals surface area contributed by atoms with Gasteiger partial charge >= 0.3 is 0 Å². The number of hydrogen-bond donors (Lipinski definition) is 3. The number of rotatable bonds is 8. The van der Waals surface area contributed by atoms with Crippen LogP contribution in [0.5, 0.6) is 0 Å². The van der Waals surface area contributed by atoms with Crippen molar-refractivity contribution in [3.05, 3.63) is 77.2 Å². The van der Waals surface area contributed by atoms with Gasteiger partial charge in [0.1, 0.15) is 17.4 Å². The maximum Gasteiger partial charge on any atom is 0.223 e. The quantitative estimate of drug-likeness (QED) is 0.329. The van der Waals surface area contributed by atoms with Gasteiger partial charge in [-0.15, -0.1) is 0 Å². The van der Waals surface area contributed by atoms with Gasteiger partial charge in [0.15, 0.2) is 0 Å². The number of fused-ring (bicyclic) bond motifs is 1. The Morgan fingerprint density at radius 2 is 1.81 bits per heavy atom. The molecule has 4 aromatic rings. The number of imidazole rings is 1. The Morgan fingerprint density at radius 1 is 1.08 bits per heavy atom. The minimum absolute atomic E-state index is 0.0547. The van der Waals surface area contributed by atoms with E-state index in [1.807, 2.05) is 47.9 Å². The third-order valence-electron chi connectivity index (χ3n) is 6.14. The van der Waals surface area contributed by atoms with Crippen molar-refractivity contribution >= 4 is 11.6 Å². The summed E-state index contributed by atoms with van der Waals surface area (Å²) in [5.74, 6) is 0.427. The number of pyridine rings is 1. The van der Waals surface area contributed by atoms with Crippen molar-refractivity contribution in [3.63, 3.8) is 0 Å². The lowest BCUT2D eigenvalue weighted by atomic mass is 10.0. The Hall–Kier alpha value is -3.80. The average molecular weight is 484 g/mol. The van der Waals surface area contributed by atoms with Crippen LogP contribution in [-0.4, -0.2) is 36.5 Å². The summed E-state index contributed by atoms with van der Waals surface area (Å²) < 4.78 is 1.97. The van der Waals surface area contributed by atoms with E-state index in [2.05, 4.69) is 60.4 Å². The van der Waals surface area contributed by atoms with E-state index in [0.717, 1.165) is 34.5 Å². The molecule has 0 amide bonds. The first kappa shape index (κ1) is 25.3. The summed E-state index contributed by atoms with van der Waals surface area (Å²) in [4.78, 5) is 13.6. The molecule has 4 rings (SSSR count). The first-order valence-electron chi connectivity index (χ1n) is 12.2. The maximum atomic E-state index is 10.5. The number of aryl methyl sites for hydroxylation is 1. The fourth-order valence-corrected chi connectivity index (χ4v) is 4.05. The Labute approximate surface area is 212 Å². The predicted octanol–water partition coefficient (Wildman–Crippen LogP) is 4.82. The zero-order chi connectivity index (χ0) is 25.9. The second-order valence-corrected chi connectivity index (χ2v) is 9.97. The molecule has 8 nitrogen and oxygen atoms in total. The zero-order valence-corrected chi connectivity index (χ0v) is 21.4. The van der Waals surface area contributed by atoms with Crippen LogP contribution in [0, 0.1) is 11.3 Å². The molecule has 2 atom stereocenters. The molecule has 36 heavy (non-hydrogen) atoms. The molecule has 3 N–H and O–H groups in total. The average Bonchev–Trinajstić information content (AvgIpc) is 3.31. The van der Waals surface area contributed by atoms with Gasteiger partial charge in [-0.05, 0) is 56.9 Å². The summed E-state index contributed by atoms with van der Waals surface area (Å²) in [7, 11) is 0. The van der Waals surface area contributed by atoms with Crippen LogP contribution in [0.15, 0.2) is 55.0 Å². The molecule has 0 saturated carbocycles. The van der Waals surface area contributed by atoms with Crippen LogP contribution in [0.1, 0.15) is 69.0 Å². The van der Waals surface area contributed by atoms with E-state index in [9.17, 15) is 10.4 Å². The van der Waals surface area contributed by atoms with Crippen LogP contribution < -0.4 is 10.6 Å². The highest BCUT2D eigenvalue weighted by atomic mass is 16.3. The summed E-state index contributed by atoms with van der Waals surface area (Å²) in [6, 6.07) is 14.0. The van der Waals surface area contributed by atoms with Crippen molar-refractivity contribution in [2.45, 2.75) is 58.7 Å². The van der Waals surface area contributed by atoms with E-state index in [-0.39, 0.29) is 11.6 Å². The Morgan fingerprint density at radius 3 is 2.47 bits per heavy atom. The van der Waals surface area contributed by atoms with Gasteiger partial charge in [-0.2, -0.15) is 5.26 Å². The number of nitrogens with one attached hydrogen (secondary N) is 2. The summed E-state index contributed by atoms with van der Waals surface area (Å²) in [6.07, 6.45) is 5.52. The van der Waals surface area contributed by atoms with Crippen LogP contribution in [0.25, 0.3) is 17.0 Å². The van der Waals surface area contributed by atoms with E-state index in [4.69, 9.17) is 4.98 Å². The van der Waals surface area contributed by atoms with E-state index in [1.54, 1.807) is 12.4 Å². The molecule has 186 valence electrons. The fraction of sp³-hybridized carbons (Fsp3) is 0.357. The first-order valence-corrected chi connectivity index (χ1v) is 12.2. The Kier molecular flexibility index (Phi) is 7.34. The molecule has 3 aromatic heterocycles. The topological polar surface area (TPSA) is 111 Å². The van der Waals surface area contributed by atoms with Crippen LogP contribution in [-0.2, 0) is 6.42 Å². The molecule has 0 aliphatic carbocycles. The molecular weight excluding hydrogens is 450 g/mol. The number of aliphatic hydroxyl groups excluding tert-OH is 1. The highest BCUT2D eigenvalue weighted by Crippen LogP contribution is 2.26. The van der Waals surface area contributed by atoms with Crippen molar-refractivity contribution in [2.24, 2.45) is 0 Å². The van der Waals surface area contributed by atoms with E-state index >= 15 is 0 Å². The maximum absolute atomic E-state index is 10.5. The van der Waals surface area contributed by atoms with Gasteiger partial charge in [0.2, 0.25) is 5.95 Å². The second-order valence-electron chi connectivity index (χ2n) is 9.97. The molecule has 0 radical (unpaired) electrons. The van der Waals surface area contributed by atoms with Crippen molar-refractivity contribution in [1.29, 1.82) is 5.26 Å². The molecule has 0 saturated heterocycles. The Balaban J connectivity index is 1.54. The standard InChI is InChI=1S/C28H33N7O/c1-6-19-8-7-13-35-23(16-30-26(19)35)25-22(14-29)15-31-27(34-25)33-18(2)20-9-11-21(12-10-20)24(36)17-32-28(3,4)5/h7-13,15-16,18,24,32,36H,6,17H2,1-5H3,(H,31,33,34). The van der Waals surface area contributed by atoms with Gasteiger partial charge in [-0.1, -0.05) is 37.3 Å². The van der Waals surface area contributed by atoms with E-state index in [1.165, 1.54) is 0 Å². The number of nitriles is 1. The van der Waals surface area contributed by atoms with Crippen LogP contribution in [0.4, 0.5) is 5.95 Å². The molecule has 0 bridgehead atoms. The second kappa shape index (κ2) is 10.4. The number of nitrogens with zero attached hydrogens (tertiary/aromatic N) is 5. The molecule has 1 aromatic carbocycles. The lowest BCUT2D eigenvalue weighted by Gasteiger charge is -2.23.